The number of rotatable bonds is 5. The van der Waals surface area contributed by atoms with E-state index in [4.69, 9.17) is 10.2 Å². The largest absolute Gasteiger partial charge is 0.455 e. The van der Waals surface area contributed by atoms with Crippen LogP contribution in [0.1, 0.15) is 21.9 Å². The maximum absolute atomic E-state index is 11.3. The van der Waals surface area contributed by atoms with Crippen LogP contribution >= 0.6 is 11.8 Å². The molecule has 15 heavy (non-hydrogen) atoms. The highest BCUT2D eigenvalue weighted by atomic mass is 32.2. The van der Waals surface area contributed by atoms with Crippen LogP contribution in [0.4, 0.5) is 0 Å². The van der Waals surface area contributed by atoms with Gasteiger partial charge in [0.25, 0.3) is 5.91 Å². The molecule has 3 N–H and O–H groups in total. The average molecular weight is 228 g/mol. The van der Waals surface area contributed by atoms with Gasteiger partial charge in [-0.05, 0) is 13.0 Å². The summed E-state index contributed by atoms with van der Waals surface area (Å²) in [5, 5.41) is 2.54. The number of hydrogen-bond acceptors (Lipinski definition) is 4. The highest BCUT2D eigenvalue weighted by Gasteiger charge is 2.13. The van der Waals surface area contributed by atoms with Crippen LogP contribution in [-0.4, -0.2) is 25.3 Å². The predicted molar refractivity (Wildman–Crippen MR) is 62.1 cm³/mol. The first kappa shape index (κ1) is 12.1. The number of carbonyl (C=O) groups is 1. The molecular weight excluding hydrogens is 212 g/mol. The lowest BCUT2D eigenvalue weighted by Crippen LogP contribution is -2.17. The summed E-state index contributed by atoms with van der Waals surface area (Å²) < 4.78 is 5.44. The number of amides is 1. The van der Waals surface area contributed by atoms with E-state index in [0.717, 1.165) is 22.8 Å². The summed E-state index contributed by atoms with van der Waals surface area (Å²) in [6.07, 6.45) is 0. The maximum Gasteiger partial charge on any atom is 0.287 e. The second-order valence-corrected chi connectivity index (χ2v) is 4.25. The molecule has 4 nitrogen and oxygen atoms in total. The summed E-state index contributed by atoms with van der Waals surface area (Å²) in [6.45, 7) is 2.53. The van der Waals surface area contributed by atoms with Crippen molar-refractivity contribution in [3.63, 3.8) is 0 Å². The molecule has 0 aliphatic carbocycles. The SMILES string of the molecule is CNC(=O)c1oc(CSCCN)cc1C. The average Bonchev–Trinajstić information content (AvgIpc) is 2.59. The van der Waals surface area contributed by atoms with E-state index in [1.165, 1.54) is 0 Å². The van der Waals surface area contributed by atoms with Crippen molar-refractivity contribution in [1.29, 1.82) is 0 Å². The number of aryl methyl sites for hydroxylation is 1. The van der Waals surface area contributed by atoms with Crippen LogP contribution in [0.15, 0.2) is 10.5 Å². The van der Waals surface area contributed by atoms with E-state index in [1.807, 2.05) is 13.0 Å². The number of thioether (sulfide) groups is 1. The molecule has 1 aromatic heterocycles. The second-order valence-electron chi connectivity index (χ2n) is 3.15. The van der Waals surface area contributed by atoms with Gasteiger partial charge < -0.3 is 15.5 Å². The third-order valence-electron chi connectivity index (χ3n) is 1.91. The molecule has 0 unspecified atom stereocenters. The summed E-state index contributed by atoms with van der Waals surface area (Å²) in [5.41, 5.74) is 6.25. The van der Waals surface area contributed by atoms with Gasteiger partial charge in [-0.1, -0.05) is 0 Å². The Balaban J connectivity index is 2.64. The van der Waals surface area contributed by atoms with Crippen molar-refractivity contribution in [3.05, 3.63) is 23.2 Å². The van der Waals surface area contributed by atoms with Crippen molar-refractivity contribution in [3.8, 4) is 0 Å². The minimum absolute atomic E-state index is 0.178. The zero-order valence-electron chi connectivity index (χ0n) is 9.00. The highest BCUT2D eigenvalue weighted by molar-refractivity contribution is 7.98. The van der Waals surface area contributed by atoms with Gasteiger partial charge in [-0.25, -0.2) is 0 Å². The normalized spacial score (nSPS) is 10.3. The van der Waals surface area contributed by atoms with Crippen LogP contribution in [0.2, 0.25) is 0 Å². The zero-order chi connectivity index (χ0) is 11.3. The van der Waals surface area contributed by atoms with Crippen LogP contribution in [-0.2, 0) is 5.75 Å². The highest BCUT2D eigenvalue weighted by Crippen LogP contribution is 2.19. The minimum atomic E-state index is -0.178. The Morgan fingerprint density at radius 1 is 1.67 bits per heavy atom. The molecule has 1 rings (SSSR count). The van der Waals surface area contributed by atoms with Crippen molar-refractivity contribution < 1.29 is 9.21 Å². The Kier molecular flexibility index (Phi) is 4.71. The van der Waals surface area contributed by atoms with Gasteiger partial charge in [-0.3, -0.25) is 4.79 Å². The molecule has 0 aromatic carbocycles. The van der Waals surface area contributed by atoms with Crippen LogP contribution in [0.3, 0.4) is 0 Å². The van der Waals surface area contributed by atoms with E-state index >= 15 is 0 Å². The molecule has 0 fully saturated rings. The first-order valence-electron chi connectivity index (χ1n) is 4.78. The van der Waals surface area contributed by atoms with Gasteiger partial charge in [0.05, 0.1) is 5.75 Å². The van der Waals surface area contributed by atoms with E-state index in [0.29, 0.717) is 12.3 Å². The first-order chi connectivity index (χ1) is 7.19. The smallest absolute Gasteiger partial charge is 0.287 e. The van der Waals surface area contributed by atoms with E-state index in [2.05, 4.69) is 5.32 Å². The van der Waals surface area contributed by atoms with Gasteiger partial charge in [0, 0.05) is 24.9 Å². The molecule has 0 spiro atoms. The van der Waals surface area contributed by atoms with Crippen LogP contribution in [0.25, 0.3) is 0 Å². The number of nitrogens with two attached hydrogens (primary N) is 1. The third kappa shape index (κ3) is 3.28. The fourth-order valence-corrected chi connectivity index (χ4v) is 1.87. The lowest BCUT2D eigenvalue weighted by Gasteiger charge is -1.96. The molecule has 0 aliphatic rings. The molecule has 0 aliphatic heterocycles. The van der Waals surface area contributed by atoms with Gasteiger partial charge in [-0.2, -0.15) is 11.8 Å². The van der Waals surface area contributed by atoms with E-state index in [-0.39, 0.29) is 5.91 Å². The standard InChI is InChI=1S/C10H16N2O2S/c1-7-5-8(6-15-4-3-11)14-9(7)10(13)12-2/h5H,3-4,6,11H2,1-2H3,(H,12,13). The fraction of sp³-hybridized carbons (Fsp3) is 0.500. The first-order valence-corrected chi connectivity index (χ1v) is 5.93. The molecule has 0 atom stereocenters. The number of nitrogens with one attached hydrogen (secondary N) is 1. The predicted octanol–water partition coefficient (Wildman–Crippen LogP) is 1.14. The van der Waals surface area contributed by atoms with Crippen molar-refractivity contribution in [2.75, 3.05) is 19.3 Å². The number of hydrogen-bond donors (Lipinski definition) is 2. The van der Waals surface area contributed by atoms with Gasteiger partial charge in [0.1, 0.15) is 5.76 Å². The summed E-state index contributed by atoms with van der Waals surface area (Å²) in [5.74, 6) is 2.71. The second kappa shape index (κ2) is 5.82. The quantitative estimate of drug-likeness (QED) is 0.742. The van der Waals surface area contributed by atoms with E-state index in [9.17, 15) is 4.79 Å². The van der Waals surface area contributed by atoms with Crippen molar-refractivity contribution in [2.45, 2.75) is 12.7 Å². The molecule has 1 aromatic rings. The number of carbonyl (C=O) groups excluding carboxylic acids is 1. The fourth-order valence-electron chi connectivity index (χ4n) is 1.21. The molecular formula is C10H16N2O2S. The maximum atomic E-state index is 11.3. The lowest BCUT2D eigenvalue weighted by atomic mass is 10.2. The Labute approximate surface area is 93.6 Å². The van der Waals surface area contributed by atoms with Crippen molar-refractivity contribution in [2.24, 2.45) is 5.73 Å². The Morgan fingerprint density at radius 2 is 2.40 bits per heavy atom. The summed E-state index contributed by atoms with van der Waals surface area (Å²) in [4.78, 5) is 11.3. The molecule has 5 heteroatoms. The van der Waals surface area contributed by atoms with Crippen LogP contribution < -0.4 is 11.1 Å². The third-order valence-corrected chi connectivity index (χ3v) is 2.92. The molecule has 1 heterocycles. The Bertz CT molecular complexity index is 336. The molecule has 0 saturated heterocycles. The van der Waals surface area contributed by atoms with Crippen molar-refractivity contribution in [1.82, 2.24) is 5.32 Å². The minimum Gasteiger partial charge on any atom is -0.455 e. The van der Waals surface area contributed by atoms with Crippen LogP contribution in [0, 0.1) is 6.92 Å². The van der Waals surface area contributed by atoms with E-state index < -0.39 is 0 Å². The van der Waals surface area contributed by atoms with Crippen molar-refractivity contribution >= 4 is 17.7 Å². The van der Waals surface area contributed by atoms with Crippen LogP contribution in [0.5, 0.6) is 0 Å². The number of furan rings is 1. The molecule has 0 bridgehead atoms. The molecule has 1 amide bonds. The topological polar surface area (TPSA) is 68.3 Å². The molecule has 0 saturated carbocycles. The van der Waals surface area contributed by atoms with Gasteiger partial charge in [0.2, 0.25) is 0 Å². The monoisotopic (exact) mass is 228 g/mol. The summed E-state index contributed by atoms with van der Waals surface area (Å²) in [6, 6.07) is 1.90. The Morgan fingerprint density at radius 3 is 3.00 bits per heavy atom. The Hall–Kier alpha value is -0.940. The van der Waals surface area contributed by atoms with E-state index in [1.54, 1.807) is 18.8 Å². The van der Waals surface area contributed by atoms with Gasteiger partial charge >= 0.3 is 0 Å². The van der Waals surface area contributed by atoms with Gasteiger partial charge in [-0.15, -0.1) is 0 Å². The molecule has 0 radical (unpaired) electrons. The summed E-state index contributed by atoms with van der Waals surface area (Å²) >= 11 is 1.70. The summed E-state index contributed by atoms with van der Waals surface area (Å²) in [7, 11) is 1.59. The zero-order valence-corrected chi connectivity index (χ0v) is 9.82. The van der Waals surface area contributed by atoms with Gasteiger partial charge in [0.15, 0.2) is 5.76 Å². The molecule has 84 valence electrons. The lowest BCUT2D eigenvalue weighted by molar-refractivity contribution is 0.0933.